The second-order valence-electron chi connectivity index (χ2n) is 6.57. The summed E-state index contributed by atoms with van der Waals surface area (Å²) in [5.74, 6) is 1.75. The molecule has 2 atom stereocenters. The summed E-state index contributed by atoms with van der Waals surface area (Å²) in [6.45, 7) is 8.20. The van der Waals surface area contributed by atoms with E-state index in [0.29, 0.717) is 11.5 Å². The van der Waals surface area contributed by atoms with Gasteiger partial charge in [0.15, 0.2) is 0 Å². The van der Waals surface area contributed by atoms with Crippen molar-refractivity contribution in [1.29, 1.82) is 0 Å². The van der Waals surface area contributed by atoms with Gasteiger partial charge in [0.1, 0.15) is 0 Å². The number of ether oxygens (including phenoxy) is 1. The molecule has 0 aromatic rings. The summed E-state index contributed by atoms with van der Waals surface area (Å²) in [6.07, 6.45) is 10.4. The van der Waals surface area contributed by atoms with Crippen LogP contribution in [0.1, 0.15) is 65.7 Å². The fourth-order valence-electron chi connectivity index (χ4n) is 3.65. The minimum atomic E-state index is 0.499. The molecule has 1 heterocycles. The van der Waals surface area contributed by atoms with Gasteiger partial charge in [-0.25, -0.2) is 0 Å². The summed E-state index contributed by atoms with van der Waals surface area (Å²) >= 11 is 0. The van der Waals surface area contributed by atoms with Crippen LogP contribution in [0.5, 0.6) is 0 Å². The van der Waals surface area contributed by atoms with Gasteiger partial charge in [-0.2, -0.15) is 0 Å². The van der Waals surface area contributed by atoms with Gasteiger partial charge < -0.3 is 4.74 Å². The minimum Gasteiger partial charge on any atom is -0.378 e. The molecule has 1 aliphatic heterocycles. The van der Waals surface area contributed by atoms with Crippen molar-refractivity contribution in [3.8, 4) is 0 Å². The summed E-state index contributed by atoms with van der Waals surface area (Å²) in [7, 11) is 0. The van der Waals surface area contributed by atoms with Gasteiger partial charge in [0.05, 0.1) is 12.7 Å². The molecule has 1 aliphatic carbocycles. The van der Waals surface area contributed by atoms with Crippen molar-refractivity contribution in [1.82, 2.24) is 0 Å². The van der Waals surface area contributed by atoms with Crippen LogP contribution in [0.2, 0.25) is 0 Å². The van der Waals surface area contributed by atoms with Crippen LogP contribution in [0, 0.1) is 17.3 Å². The van der Waals surface area contributed by atoms with Crippen LogP contribution in [-0.2, 0) is 4.74 Å². The van der Waals surface area contributed by atoms with Crippen LogP contribution in [0.3, 0.4) is 0 Å². The van der Waals surface area contributed by atoms with Gasteiger partial charge in [0.2, 0.25) is 0 Å². The maximum Gasteiger partial charge on any atom is 0.0547 e. The summed E-state index contributed by atoms with van der Waals surface area (Å²) < 4.78 is 5.87. The first-order valence-corrected chi connectivity index (χ1v) is 7.22. The Bertz CT molecular complexity index is 207. The normalized spacial score (nSPS) is 33.9. The quantitative estimate of drug-likeness (QED) is 0.675. The Labute approximate surface area is 101 Å². The molecule has 1 nitrogen and oxygen atoms in total. The van der Waals surface area contributed by atoms with Crippen LogP contribution in [0.15, 0.2) is 0 Å². The third-order valence-electron chi connectivity index (χ3n) is 5.21. The molecule has 2 rings (SSSR count). The SMILES string of the molecule is CC1CCC(C(C)(C)C2CCCCC2)CO1. The zero-order valence-corrected chi connectivity index (χ0v) is 11.3. The molecule has 1 heteroatoms. The van der Waals surface area contributed by atoms with Crippen molar-refractivity contribution in [2.24, 2.45) is 17.3 Å². The van der Waals surface area contributed by atoms with E-state index in [2.05, 4.69) is 20.8 Å². The lowest BCUT2D eigenvalue weighted by molar-refractivity contribution is -0.0624. The molecule has 2 fully saturated rings. The van der Waals surface area contributed by atoms with Gasteiger partial charge >= 0.3 is 0 Å². The minimum absolute atomic E-state index is 0.499. The van der Waals surface area contributed by atoms with Crippen molar-refractivity contribution in [3.63, 3.8) is 0 Å². The molecular weight excluding hydrogens is 196 g/mol. The summed E-state index contributed by atoms with van der Waals surface area (Å²) in [5.41, 5.74) is 0.501. The lowest BCUT2D eigenvalue weighted by Crippen LogP contribution is -2.39. The van der Waals surface area contributed by atoms with E-state index < -0.39 is 0 Å². The summed E-state index contributed by atoms with van der Waals surface area (Å²) in [5, 5.41) is 0. The van der Waals surface area contributed by atoms with E-state index in [-0.39, 0.29) is 0 Å². The van der Waals surface area contributed by atoms with Crippen LogP contribution in [-0.4, -0.2) is 12.7 Å². The lowest BCUT2D eigenvalue weighted by Gasteiger charge is -2.45. The molecule has 0 N–H and O–H groups in total. The highest BCUT2D eigenvalue weighted by molar-refractivity contribution is 4.88. The Hall–Kier alpha value is -0.0400. The van der Waals surface area contributed by atoms with Gasteiger partial charge in [-0.1, -0.05) is 33.1 Å². The molecule has 0 aromatic heterocycles. The Kier molecular flexibility index (Phi) is 3.94. The number of hydrogen-bond acceptors (Lipinski definition) is 1. The second-order valence-corrected chi connectivity index (χ2v) is 6.57. The van der Waals surface area contributed by atoms with E-state index in [4.69, 9.17) is 4.74 Å². The molecule has 0 radical (unpaired) electrons. The van der Waals surface area contributed by atoms with Crippen molar-refractivity contribution in [2.75, 3.05) is 6.61 Å². The fraction of sp³-hybridized carbons (Fsp3) is 1.00. The molecule has 0 spiro atoms. The van der Waals surface area contributed by atoms with Gasteiger partial charge in [0, 0.05) is 0 Å². The number of rotatable bonds is 2. The van der Waals surface area contributed by atoms with Gasteiger partial charge in [-0.05, 0) is 49.9 Å². The third kappa shape index (κ3) is 2.61. The first kappa shape index (κ1) is 12.4. The standard InChI is InChI=1S/C15H28O/c1-12-9-10-14(11-16-12)15(2,3)13-7-5-4-6-8-13/h12-14H,4-11H2,1-3H3. The molecule has 16 heavy (non-hydrogen) atoms. The van der Waals surface area contributed by atoms with Crippen LogP contribution < -0.4 is 0 Å². The molecule has 0 amide bonds. The smallest absolute Gasteiger partial charge is 0.0547 e. The van der Waals surface area contributed by atoms with Crippen LogP contribution >= 0.6 is 0 Å². The zero-order chi connectivity index (χ0) is 11.6. The molecular formula is C15H28O. The third-order valence-corrected chi connectivity index (χ3v) is 5.21. The average Bonchev–Trinajstić information content (AvgIpc) is 2.31. The molecule has 2 aliphatic rings. The Morgan fingerprint density at radius 3 is 2.12 bits per heavy atom. The maximum absolute atomic E-state index is 5.87. The Morgan fingerprint density at radius 2 is 1.56 bits per heavy atom. The average molecular weight is 224 g/mol. The zero-order valence-electron chi connectivity index (χ0n) is 11.3. The number of hydrogen-bond donors (Lipinski definition) is 0. The maximum atomic E-state index is 5.87. The fourth-order valence-corrected chi connectivity index (χ4v) is 3.65. The molecule has 1 saturated carbocycles. The molecule has 94 valence electrons. The van der Waals surface area contributed by atoms with Crippen molar-refractivity contribution < 1.29 is 4.74 Å². The second kappa shape index (κ2) is 5.08. The highest BCUT2D eigenvalue weighted by Gasteiger charge is 2.39. The van der Waals surface area contributed by atoms with E-state index in [9.17, 15) is 0 Å². The van der Waals surface area contributed by atoms with E-state index in [1.807, 2.05) is 0 Å². The predicted octanol–water partition coefficient (Wildman–Crippen LogP) is 4.41. The van der Waals surface area contributed by atoms with Gasteiger partial charge in [0.25, 0.3) is 0 Å². The molecule has 0 aromatic carbocycles. The first-order valence-electron chi connectivity index (χ1n) is 7.22. The molecule has 2 unspecified atom stereocenters. The van der Waals surface area contributed by atoms with E-state index in [0.717, 1.165) is 18.4 Å². The van der Waals surface area contributed by atoms with E-state index >= 15 is 0 Å². The Morgan fingerprint density at radius 1 is 0.875 bits per heavy atom. The highest BCUT2D eigenvalue weighted by Crippen LogP contribution is 2.46. The van der Waals surface area contributed by atoms with Gasteiger partial charge in [-0.3, -0.25) is 0 Å². The first-order chi connectivity index (χ1) is 7.60. The van der Waals surface area contributed by atoms with Crippen LogP contribution in [0.25, 0.3) is 0 Å². The van der Waals surface area contributed by atoms with Gasteiger partial charge in [-0.15, -0.1) is 0 Å². The van der Waals surface area contributed by atoms with Crippen LogP contribution in [0.4, 0.5) is 0 Å². The monoisotopic (exact) mass is 224 g/mol. The molecule has 1 saturated heterocycles. The largest absolute Gasteiger partial charge is 0.378 e. The van der Waals surface area contributed by atoms with E-state index in [1.165, 1.54) is 44.9 Å². The molecule has 0 bridgehead atoms. The van der Waals surface area contributed by atoms with E-state index in [1.54, 1.807) is 0 Å². The highest BCUT2D eigenvalue weighted by atomic mass is 16.5. The Balaban J connectivity index is 1.94. The lowest BCUT2D eigenvalue weighted by atomic mass is 9.63. The van der Waals surface area contributed by atoms with Crippen molar-refractivity contribution in [3.05, 3.63) is 0 Å². The predicted molar refractivity (Wildman–Crippen MR) is 68.5 cm³/mol. The topological polar surface area (TPSA) is 9.23 Å². The summed E-state index contributed by atoms with van der Waals surface area (Å²) in [6, 6.07) is 0. The van der Waals surface area contributed by atoms with Crippen molar-refractivity contribution in [2.45, 2.75) is 71.8 Å². The summed E-state index contributed by atoms with van der Waals surface area (Å²) in [4.78, 5) is 0. The van der Waals surface area contributed by atoms with Crippen molar-refractivity contribution >= 4 is 0 Å².